The number of anilines is 1. The number of H-pyrrole nitrogens is 1. The molecule has 3 rings (SSSR count). The summed E-state index contributed by atoms with van der Waals surface area (Å²) in [7, 11) is 1.63. The SMILES string of the molecule is Cc1cccc(NC(=O)c2cn(C)c(=O)c3[nH]ccc23)c1. The van der Waals surface area contributed by atoms with Gasteiger partial charge in [-0.2, -0.15) is 0 Å². The largest absolute Gasteiger partial charge is 0.357 e. The molecule has 0 aliphatic heterocycles. The Morgan fingerprint density at radius 2 is 2.10 bits per heavy atom. The molecule has 21 heavy (non-hydrogen) atoms. The van der Waals surface area contributed by atoms with Crippen LogP contribution in [0.3, 0.4) is 0 Å². The van der Waals surface area contributed by atoms with Gasteiger partial charge in [-0.15, -0.1) is 0 Å². The van der Waals surface area contributed by atoms with Gasteiger partial charge in [-0.1, -0.05) is 12.1 Å². The number of benzene rings is 1. The van der Waals surface area contributed by atoms with E-state index in [0.717, 1.165) is 11.3 Å². The van der Waals surface area contributed by atoms with Gasteiger partial charge in [0.2, 0.25) is 0 Å². The van der Waals surface area contributed by atoms with Crippen molar-refractivity contribution in [3.63, 3.8) is 0 Å². The van der Waals surface area contributed by atoms with Crippen molar-refractivity contribution < 1.29 is 4.79 Å². The normalized spacial score (nSPS) is 10.8. The Hall–Kier alpha value is -2.82. The van der Waals surface area contributed by atoms with Crippen molar-refractivity contribution in [2.75, 3.05) is 5.32 Å². The molecule has 0 fully saturated rings. The molecule has 106 valence electrons. The molecule has 0 saturated carbocycles. The maximum Gasteiger partial charge on any atom is 0.274 e. The smallest absolute Gasteiger partial charge is 0.274 e. The number of rotatable bonds is 2. The van der Waals surface area contributed by atoms with E-state index in [1.807, 2.05) is 31.2 Å². The number of aromatic amines is 1. The van der Waals surface area contributed by atoms with Gasteiger partial charge in [0.1, 0.15) is 5.52 Å². The van der Waals surface area contributed by atoms with E-state index in [0.29, 0.717) is 16.5 Å². The Kier molecular flexibility index (Phi) is 3.10. The second-order valence-corrected chi connectivity index (χ2v) is 5.05. The molecule has 5 heteroatoms. The Bertz CT molecular complexity index is 890. The van der Waals surface area contributed by atoms with Gasteiger partial charge in [0.05, 0.1) is 5.56 Å². The molecule has 2 N–H and O–H groups in total. The molecule has 0 radical (unpaired) electrons. The van der Waals surface area contributed by atoms with Crippen LogP contribution in [0.2, 0.25) is 0 Å². The second kappa shape index (κ2) is 4.94. The van der Waals surface area contributed by atoms with E-state index >= 15 is 0 Å². The third-order valence-electron chi connectivity index (χ3n) is 3.41. The molecular weight excluding hydrogens is 266 g/mol. The first kappa shape index (κ1) is 13.2. The van der Waals surface area contributed by atoms with Crippen LogP contribution in [0.5, 0.6) is 0 Å². The summed E-state index contributed by atoms with van der Waals surface area (Å²) in [6.07, 6.45) is 3.22. The minimum Gasteiger partial charge on any atom is -0.357 e. The molecule has 0 saturated heterocycles. The van der Waals surface area contributed by atoms with Gasteiger partial charge >= 0.3 is 0 Å². The van der Waals surface area contributed by atoms with Gasteiger partial charge in [-0.3, -0.25) is 9.59 Å². The number of aromatic nitrogens is 2. The van der Waals surface area contributed by atoms with Gasteiger partial charge in [0.25, 0.3) is 11.5 Å². The minimum atomic E-state index is -0.235. The molecule has 0 atom stereocenters. The monoisotopic (exact) mass is 281 g/mol. The Balaban J connectivity index is 2.04. The summed E-state index contributed by atoms with van der Waals surface area (Å²) in [5.74, 6) is -0.235. The Labute approximate surface area is 121 Å². The average Bonchev–Trinajstić information content (AvgIpc) is 2.92. The van der Waals surface area contributed by atoms with E-state index in [1.165, 1.54) is 4.57 Å². The van der Waals surface area contributed by atoms with E-state index in [2.05, 4.69) is 10.3 Å². The highest BCUT2D eigenvalue weighted by Gasteiger charge is 2.14. The van der Waals surface area contributed by atoms with E-state index in [4.69, 9.17) is 0 Å². The first-order chi connectivity index (χ1) is 10.1. The number of carbonyl (C=O) groups excluding carboxylic acids is 1. The highest BCUT2D eigenvalue weighted by Crippen LogP contribution is 2.17. The lowest BCUT2D eigenvalue weighted by molar-refractivity contribution is 0.102. The van der Waals surface area contributed by atoms with Crippen LogP contribution in [0.4, 0.5) is 5.69 Å². The van der Waals surface area contributed by atoms with Crippen molar-refractivity contribution in [2.45, 2.75) is 6.92 Å². The molecule has 0 aliphatic carbocycles. The molecule has 5 nitrogen and oxygen atoms in total. The van der Waals surface area contributed by atoms with Crippen LogP contribution in [-0.2, 0) is 7.05 Å². The number of amides is 1. The number of hydrogen-bond donors (Lipinski definition) is 2. The standard InChI is InChI=1S/C16H15N3O2/c1-10-4-3-5-11(8-10)18-15(20)13-9-19(2)16(21)14-12(13)6-7-17-14/h3-9,17H,1-2H3,(H,18,20). The maximum atomic E-state index is 12.5. The topological polar surface area (TPSA) is 66.9 Å². The molecule has 1 aromatic carbocycles. The van der Waals surface area contributed by atoms with Gasteiger partial charge in [-0.05, 0) is 30.7 Å². The molecule has 1 amide bonds. The van der Waals surface area contributed by atoms with Crippen molar-refractivity contribution in [1.29, 1.82) is 0 Å². The van der Waals surface area contributed by atoms with E-state index < -0.39 is 0 Å². The quantitative estimate of drug-likeness (QED) is 0.757. The number of pyridine rings is 1. The predicted octanol–water partition coefficient (Wildman–Crippen LogP) is 2.43. The van der Waals surface area contributed by atoms with Gasteiger partial charge in [0.15, 0.2) is 0 Å². The van der Waals surface area contributed by atoms with Crippen molar-refractivity contribution in [1.82, 2.24) is 9.55 Å². The minimum absolute atomic E-state index is 0.151. The van der Waals surface area contributed by atoms with E-state index in [-0.39, 0.29) is 11.5 Å². The van der Waals surface area contributed by atoms with Crippen LogP contribution < -0.4 is 10.9 Å². The summed E-state index contributed by atoms with van der Waals surface area (Å²) in [4.78, 5) is 27.3. The lowest BCUT2D eigenvalue weighted by Gasteiger charge is -2.08. The maximum absolute atomic E-state index is 12.5. The number of nitrogens with one attached hydrogen (secondary N) is 2. The third-order valence-corrected chi connectivity index (χ3v) is 3.41. The lowest BCUT2D eigenvalue weighted by Crippen LogP contribution is -2.21. The number of aryl methyl sites for hydroxylation is 2. The van der Waals surface area contributed by atoms with Crippen LogP contribution >= 0.6 is 0 Å². The van der Waals surface area contributed by atoms with E-state index in [9.17, 15) is 9.59 Å². The Morgan fingerprint density at radius 1 is 1.29 bits per heavy atom. The fourth-order valence-corrected chi connectivity index (χ4v) is 2.37. The highest BCUT2D eigenvalue weighted by molar-refractivity contribution is 6.12. The van der Waals surface area contributed by atoms with Crippen molar-refractivity contribution in [3.05, 3.63) is 64.2 Å². The molecular formula is C16H15N3O2. The highest BCUT2D eigenvalue weighted by atomic mass is 16.2. The first-order valence-corrected chi connectivity index (χ1v) is 6.61. The van der Waals surface area contributed by atoms with Crippen molar-refractivity contribution in [3.8, 4) is 0 Å². The van der Waals surface area contributed by atoms with Gasteiger partial charge < -0.3 is 14.9 Å². The summed E-state index contributed by atoms with van der Waals surface area (Å²) >= 11 is 0. The van der Waals surface area contributed by atoms with Crippen molar-refractivity contribution >= 4 is 22.5 Å². The van der Waals surface area contributed by atoms with Crippen LogP contribution in [0, 0.1) is 6.92 Å². The summed E-state index contributed by atoms with van der Waals surface area (Å²) in [5, 5.41) is 3.49. The summed E-state index contributed by atoms with van der Waals surface area (Å²) in [5.41, 5.74) is 2.56. The number of nitrogens with zero attached hydrogens (tertiary/aromatic N) is 1. The lowest BCUT2D eigenvalue weighted by atomic mass is 10.1. The van der Waals surface area contributed by atoms with E-state index in [1.54, 1.807) is 25.5 Å². The fourth-order valence-electron chi connectivity index (χ4n) is 2.37. The fraction of sp³-hybridized carbons (Fsp3) is 0.125. The molecule has 0 unspecified atom stereocenters. The first-order valence-electron chi connectivity index (χ1n) is 6.61. The zero-order valence-corrected chi connectivity index (χ0v) is 11.8. The second-order valence-electron chi connectivity index (χ2n) is 5.05. The predicted molar refractivity (Wildman–Crippen MR) is 82.7 cm³/mol. The van der Waals surface area contributed by atoms with Gasteiger partial charge in [0, 0.05) is 30.5 Å². The number of carbonyl (C=O) groups is 1. The Morgan fingerprint density at radius 3 is 2.86 bits per heavy atom. The van der Waals surface area contributed by atoms with Gasteiger partial charge in [-0.25, -0.2) is 0 Å². The molecule has 3 aromatic rings. The number of hydrogen-bond acceptors (Lipinski definition) is 2. The van der Waals surface area contributed by atoms with Crippen LogP contribution in [-0.4, -0.2) is 15.5 Å². The summed E-state index contributed by atoms with van der Waals surface area (Å²) in [6.45, 7) is 1.96. The zero-order valence-electron chi connectivity index (χ0n) is 11.8. The number of fused-ring (bicyclic) bond motifs is 1. The summed E-state index contributed by atoms with van der Waals surface area (Å²) < 4.78 is 1.41. The third kappa shape index (κ3) is 2.33. The molecule has 0 spiro atoms. The molecule has 2 heterocycles. The zero-order chi connectivity index (χ0) is 15.0. The van der Waals surface area contributed by atoms with Crippen LogP contribution in [0.15, 0.2) is 47.5 Å². The average molecular weight is 281 g/mol. The molecule has 2 aromatic heterocycles. The van der Waals surface area contributed by atoms with Crippen molar-refractivity contribution in [2.24, 2.45) is 7.05 Å². The van der Waals surface area contributed by atoms with Crippen LogP contribution in [0.25, 0.3) is 10.9 Å². The van der Waals surface area contributed by atoms with Crippen LogP contribution in [0.1, 0.15) is 15.9 Å². The summed E-state index contributed by atoms with van der Waals surface area (Å²) in [6, 6.07) is 9.32. The molecule has 0 bridgehead atoms. The molecule has 0 aliphatic rings.